The number of carbonyl (C=O) groups excluding carboxylic acids is 1. The van der Waals surface area contributed by atoms with Gasteiger partial charge in [0.25, 0.3) is 0 Å². The van der Waals surface area contributed by atoms with Crippen molar-refractivity contribution in [1.82, 2.24) is 0 Å². The monoisotopic (exact) mass is 158 g/mol. The second-order valence-electron chi connectivity index (χ2n) is 0.891. The van der Waals surface area contributed by atoms with Gasteiger partial charge >= 0.3 is 49.9 Å². The second-order valence-corrected chi connectivity index (χ2v) is 0.891. The molecule has 0 unspecified atom stereocenters. The third kappa shape index (κ3) is 7.94. The van der Waals surface area contributed by atoms with Gasteiger partial charge in [-0.3, -0.25) is 0 Å². The SMILES string of the molecule is C=CC(=O)OC(=O)O.[CaH2]. The molecule has 0 aliphatic rings. The molecule has 0 aromatic carbocycles. The van der Waals surface area contributed by atoms with Crippen LogP contribution in [0.3, 0.4) is 0 Å². The van der Waals surface area contributed by atoms with Crippen molar-refractivity contribution in [2.24, 2.45) is 0 Å². The van der Waals surface area contributed by atoms with Crippen LogP contribution in [0, 0.1) is 0 Å². The zero-order valence-electron chi connectivity index (χ0n) is 3.96. The molecule has 0 aliphatic heterocycles. The Bertz CT molecular complexity index is 131. The first kappa shape index (κ1) is 11.7. The number of ether oxygens (including phenoxy) is 1. The summed E-state index contributed by atoms with van der Waals surface area (Å²) in [7, 11) is 0. The van der Waals surface area contributed by atoms with Crippen LogP contribution in [0.25, 0.3) is 0 Å². The van der Waals surface area contributed by atoms with Crippen molar-refractivity contribution in [2.45, 2.75) is 0 Å². The average Bonchev–Trinajstić information content (AvgIpc) is 1.65. The normalized spacial score (nSPS) is 6.67. The maximum absolute atomic E-state index is 9.90. The molecule has 0 saturated heterocycles. The molecule has 0 aliphatic carbocycles. The average molecular weight is 158 g/mol. The molecular formula is C4H6CaO4. The Balaban J connectivity index is 0. The predicted octanol–water partition coefficient (Wildman–Crippen LogP) is -0.523. The first-order valence-electron chi connectivity index (χ1n) is 1.74. The van der Waals surface area contributed by atoms with Gasteiger partial charge in [0, 0.05) is 6.08 Å². The van der Waals surface area contributed by atoms with Crippen molar-refractivity contribution in [1.29, 1.82) is 0 Å². The van der Waals surface area contributed by atoms with Crippen LogP contribution >= 0.6 is 0 Å². The fourth-order valence-corrected chi connectivity index (χ4v) is 0.128. The molecule has 0 fully saturated rings. The zero-order valence-corrected chi connectivity index (χ0v) is 3.96. The van der Waals surface area contributed by atoms with Crippen LogP contribution in [0.4, 0.5) is 4.79 Å². The number of carboxylic acid groups (broad SMARTS) is 1. The van der Waals surface area contributed by atoms with Crippen LogP contribution in [-0.4, -0.2) is 55.0 Å². The summed E-state index contributed by atoms with van der Waals surface area (Å²) >= 11 is 0. The Labute approximate surface area is 81.5 Å². The summed E-state index contributed by atoms with van der Waals surface area (Å²) in [5, 5.41) is 7.72. The number of hydrogen-bond donors (Lipinski definition) is 1. The van der Waals surface area contributed by atoms with E-state index in [1.807, 2.05) is 0 Å². The fourth-order valence-electron chi connectivity index (χ4n) is 0.128. The Hall–Kier alpha value is -0.0603. The molecule has 0 amide bonds. The quantitative estimate of drug-likeness (QED) is 0.241. The molecule has 0 rings (SSSR count). The number of carbonyl (C=O) groups is 2. The summed E-state index contributed by atoms with van der Waals surface area (Å²) in [5.74, 6) is -0.961. The van der Waals surface area contributed by atoms with Crippen LogP contribution in [0.2, 0.25) is 0 Å². The van der Waals surface area contributed by atoms with Crippen molar-refractivity contribution in [2.75, 3.05) is 0 Å². The van der Waals surface area contributed by atoms with E-state index in [-0.39, 0.29) is 37.7 Å². The summed E-state index contributed by atoms with van der Waals surface area (Å²) in [6.07, 6.45) is -0.844. The fraction of sp³-hybridized carbons (Fsp3) is 0. The topological polar surface area (TPSA) is 63.6 Å². The van der Waals surface area contributed by atoms with Gasteiger partial charge in [0.05, 0.1) is 0 Å². The first-order valence-corrected chi connectivity index (χ1v) is 1.74. The molecule has 5 heteroatoms. The van der Waals surface area contributed by atoms with Gasteiger partial charge in [-0.15, -0.1) is 0 Å². The molecule has 0 aromatic rings. The standard InChI is InChI=1S/C4H4O4.Ca.2H/c1-2-3(5)8-4(6)7;;;/h2H,1H2,(H,6,7);;;. The minimum absolute atomic E-state index is 0. The van der Waals surface area contributed by atoms with E-state index in [0.717, 1.165) is 6.08 Å². The molecule has 0 radical (unpaired) electrons. The van der Waals surface area contributed by atoms with Crippen LogP contribution in [0.15, 0.2) is 12.7 Å². The van der Waals surface area contributed by atoms with Gasteiger partial charge in [0.15, 0.2) is 0 Å². The third-order valence-corrected chi connectivity index (χ3v) is 0.355. The summed E-state index contributed by atoms with van der Waals surface area (Å²) < 4.78 is 3.56. The van der Waals surface area contributed by atoms with Crippen LogP contribution in [0.1, 0.15) is 0 Å². The van der Waals surface area contributed by atoms with E-state index >= 15 is 0 Å². The van der Waals surface area contributed by atoms with E-state index in [4.69, 9.17) is 5.11 Å². The Morgan fingerprint density at radius 1 is 1.56 bits per heavy atom. The molecule has 9 heavy (non-hydrogen) atoms. The predicted molar refractivity (Wildman–Crippen MR) is 32.9 cm³/mol. The van der Waals surface area contributed by atoms with E-state index in [9.17, 15) is 9.59 Å². The van der Waals surface area contributed by atoms with Gasteiger partial charge in [0.1, 0.15) is 0 Å². The number of rotatable bonds is 1. The molecule has 48 valence electrons. The van der Waals surface area contributed by atoms with Crippen molar-refractivity contribution >= 4 is 49.9 Å². The van der Waals surface area contributed by atoms with Gasteiger partial charge in [0.2, 0.25) is 0 Å². The summed E-state index contributed by atoms with van der Waals surface area (Å²) in [6.45, 7) is 2.98. The molecule has 0 saturated carbocycles. The van der Waals surface area contributed by atoms with Gasteiger partial charge in [-0.2, -0.15) is 0 Å². The van der Waals surface area contributed by atoms with Crippen LogP contribution in [-0.2, 0) is 9.53 Å². The second kappa shape index (κ2) is 6.07. The number of hydrogen-bond acceptors (Lipinski definition) is 3. The van der Waals surface area contributed by atoms with E-state index < -0.39 is 12.1 Å². The van der Waals surface area contributed by atoms with Crippen molar-refractivity contribution in [3.63, 3.8) is 0 Å². The maximum atomic E-state index is 9.90. The van der Waals surface area contributed by atoms with Gasteiger partial charge in [-0.05, 0) is 0 Å². The summed E-state index contributed by atoms with van der Waals surface area (Å²) in [4.78, 5) is 19.4. The molecule has 1 N–H and O–H groups in total. The molecule has 0 spiro atoms. The van der Waals surface area contributed by atoms with E-state index in [2.05, 4.69) is 11.3 Å². The third-order valence-electron chi connectivity index (χ3n) is 0.355. The van der Waals surface area contributed by atoms with E-state index in [1.54, 1.807) is 0 Å². The van der Waals surface area contributed by atoms with Gasteiger partial charge in [-0.25, -0.2) is 9.59 Å². The molecule has 0 heterocycles. The van der Waals surface area contributed by atoms with Crippen molar-refractivity contribution in [3.8, 4) is 0 Å². The molecule has 4 nitrogen and oxygen atoms in total. The van der Waals surface area contributed by atoms with E-state index in [0.29, 0.717) is 0 Å². The molecular weight excluding hydrogens is 152 g/mol. The van der Waals surface area contributed by atoms with Crippen molar-refractivity contribution < 1.29 is 19.4 Å². The summed E-state index contributed by atoms with van der Waals surface area (Å²) in [5.41, 5.74) is 0. The van der Waals surface area contributed by atoms with Crippen LogP contribution in [0.5, 0.6) is 0 Å². The minimum atomic E-state index is -1.62. The van der Waals surface area contributed by atoms with Crippen molar-refractivity contribution in [3.05, 3.63) is 12.7 Å². The first-order chi connectivity index (χ1) is 3.66. The summed E-state index contributed by atoms with van der Waals surface area (Å²) in [6, 6.07) is 0. The molecule has 0 atom stereocenters. The zero-order chi connectivity index (χ0) is 6.57. The van der Waals surface area contributed by atoms with Gasteiger partial charge < -0.3 is 9.84 Å². The Kier molecular flexibility index (Phi) is 7.89. The van der Waals surface area contributed by atoms with E-state index in [1.165, 1.54) is 0 Å². The molecule has 0 bridgehead atoms. The Morgan fingerprint density at radius 3 is 2.11 bits per heavy atom. The molecule has 0 aromatic heterocycles. The van der Waals surface area contributed by atoms with Crippen LogP contribution < -0.4 is 0 Å². The van der Waals surface area contributed by atoms with Gasteiger partial charge in [-0.1, -0.05) is 6.58 Å². The number of esters is 1. The Morgan fingerprint density at radius 2 is 2.00 bits per heavy atom.